The van der Waals surface area contributed by atoms with E-state index in [0.29, 0.717) is 19.3 Å². The third kappa shape index (κ3) is 6.39. The second-order valence-corrected chi connectivity index (χ2v) is 11.7. The lowest BCUT2D eigenvalue weighted by atomic mass is 9.96. The largest absolute Gasteiger partial charge is 0.493 e. The van der Waals surface area contributed by atoms with Crippen molar-refractivity contribution in [3.63, 3.8) is 0 Å². The molecule has 0 N–H and O–H groups in total. The van der Waals surface area contributed by atoms with Crippen molar-refractivity contribution in [1.82, 2.24) is 19.7 Å². The highest BCUT2D eigenvalue weighted by atomic mass is 19.4. The number of likely N-dealkylation sites (tertiary alicyclic amines) is 3. The van der Waals surface area contributed by atoms with Crippen molar-refractivity contribution in [2.24, 2.45) is 0 Å². The molecule has 41 heavy (non-hydrogen) atoms. The van der Waals surface area contributed by atoms with Crippen LogP contribution in [-0.4, -0.2) is 90.2 Å². The van der Waals surface area contributed by atoms with Crippen LogP contribution >= 0.6 is 0 Å². The Labute approximate surface area is 240 Å². The number of pyridine rings is 1. The number of halogens is 3. The van der Waals surface area contributed by atoms with Crippen LogP contribution in [0.3, 0.4) is 0 Å². The summed E-state index contributed by atoms with van der Waals surface area (Å²) in [6, 6.07) is 6.75. The summed E-state index contributed by atoms with van der Waals surface area (Å²) in [5.74, 6) is 0.626. The zero-order valence-electron chi connectivity index (χ0n) is 24.4. The molecule has 0 saturated carbocycles. The Morgan fingerprint density at radius 3 is 2.56 bits per heavy atom. The maximum Gasteiger partial charge on any atom is 0.417 e. The van der Waals surface area contributed by atoms with Gasteiger partial charge in [-0.05, 0) is 87.9 Å². The number of amides is 1. The number of alkyl halides is 3. The summed E-state index contributed by atoms with van der Waals surface area (Å²) in [7, 11) is 1.79. The summed E-state index contributed by atoms with van der Waals surface area (Å²) in [6.07, 6.45) is 0.761. The van der Waals surface area contributed by atoms with Gasteiger partial charge in [-0.2, -0.15) is 13.2 Å². The lowest BCUT2D eigenvalue weighted by Gasteiger charge is -2.38. The van der Waals surface area contributed by atoms with Crippen LogP contribution in [0.1, 0.15) is 71.4 Å². The molecule has 10 heteroatoms. The molecular formula is C31H41F3N4O3. The molecule has 0 radical (unpaired) electrons. The van der Waals surface area contributed by atoms with Crippen LogP contribution in [0.4, 0.5) is 13.2 Å². The quantitative estimate of drug-likeness (QED) is 0.381. The van der Waals surface area contributed by atoms with E-state index < -0.39 is 11.7 Å². The lowest BCUT2D eigenvalue weighted by molar-refractivity contribution is -0.137. The van der Waals surface area contributed by atoms with E-state index in [1.165, 1.54) is 23.6 Å². The minimum atomic E-state index is -4.47. The Morgan fingerprint density at radius 1 is 1.10 bits per heavy atom. The molecule has 1 unspecified atom stereocenters. The zero-order valence-corrected chi connectivity index (χ0v) is 24.4. The Morgan fingerprint density at radius 2 is 1.90 bits per heavy atom. The van der Waals surface area contributed by atoms with Gasteiger partial charge in [-0.25, -0.2) is 0 Å². The number of ether oxygens (including phenoxy) is 2. The number of nitrogens with zero attached hydrogens (tertiary/aromatic N) is 4. The number of carbonyl (C=O) groups is 1. The van der Waals surface area contributed by atoms with Gasteiger partial charge in [-0.1, -0.05) is 6.07 Å². The predicted octanol–water partition coefficient (Wildman–Crippen LogP) is 5.26. The van der Waals surface area contributed by atoms with Crippen LogP contribution in [-0.2, 0) is 10.9 Å². The summed E-state index contributed by atoms with van der Waals surface area (Å²) in [6.45, 7) is 11.6. The number of rotatable bonds is 9. The van der Waals surface area contributed by atoms with E-state index in [4.69, 9.17) is 9.47 Å². The first-order valence-electron chi connectivity index (χ1n) is 14.6. The van der Waals surface area contributed by atoms with Crippen molar-refractivity contribution < 1.29 is 27.4 Å². The Balaban J connectivity index is 1.15. The van der Waals surface area contributed by atoms with E-state index in [9.17, 15) is 18.0 Å². The molecule has 0 spiro atoms. The van der Waals surface area contributed by atoms with E-state index in [1.54, 1.807) is 12.0 Å². The van der Waals surface area contributed by atoms with Crippen LogP contribution < -0.4 is 4.74 Å². The fourth-order valence-electron chi connectivity index (χ4n) is 6.74. The number of hydrogen-bond donors (Lipinski definition) is 0. The number of methoxy groups -OCH3 is 1. The van der Waals surface area contributed by atoms with Gasteiger partial charge < -0.3 is 19.3 Å². The molecule has 1 aromatic carbocycles. The van der Waals surface area contributed by atoms with Crippen molar-refractivity contribution in [3.8, 4) is 5.75 Å². The van der Waals surface area contributed by atoms with E-state index in [-0.39, 0.29) is 29.7 Å². The number of carbonyl (C=O) groups excluding carboxylic acids is 1. The summed E-state index contributed by atoms with van der Waals surface area (Å²) >= 11 is 0. The molecule has 1 aromatic heterocycles. The highest BCUT2D eigenvalue weighted by molar-refractivity contribution is 5.93. The summed E-state index contributed by atoms with van der Waals surface area (Å²) in [5.41, 5.74) is 2.84. The van der Waals surface area contributed by atoms with E-state index in [2.05, 4.69) is 47.7 Å². The number of piperidine rings is 1. The first-order valence-corrected chi connectivity index (χ1v) is 14.6. The summed E-state index contributed by atoms with van der Waals surface area (Å²) in [4.78, 5) is 23.5. The molecule has 7 nitrogen and oxygen atoms in total. The molecule has 3 fully saturated rings. The van der Waals surface area contributed by atoms with Gasteiger partial charge in [-0.15, -0.1) is 0 Å². The average Bonchev–Trinajstić information content (AvgIpc) is 3.58. The van der Waals surface area contributed by atoms with Crippen molar-refractivity contribution in [2.75, 3.05) is 46.4 Å². The topological polar surface area (TPSA) is 58.1 Å². The Hall–Kier alpha value is -2.69. The second-order valence-electron chi connectivity index (χ2n) is 11.7. The molecule has 3 saturated heterocycles. The van der Waals surface area contributed by atoms with Crippen molar-refractivity contribution >= 4 is 5.91 Å². The molecule has 3 aliphatic heterocycles. The van der Waals surface area contributed by atoms with Gasteiger partial charge in [0.1, 0.15) is 11.4 Å². The van der Waals surface area contributed by atoms with Crippen LogP contribution in [0.5, 0.6) is 5.75 Å². The van der Waals surface area contributed by atoms with Gasteiger partial charge in [-0.3, -0.25) is 14.7 Å². The van der Waals surface area contributed by atoms with Gasteiger partial charge in [0.2, 0.25) is 0 Å². The number of aromatic nitrogens is 1. The van der Waals surface area contributed by atoms with Crippen molar-refractivity contribution in [1.29, 1.82) is 0 Å². The molecule has 2 bridgehead atoms. The fourth-order valence-corrected chi connectivity index (χ4v) is 6.74. The first kappa shape index (κ1) is 29.8. The zero-order chi connectivity index (χ0) is 29.3. The molecule has 2 aromatic rings. The lowest BCUT2D eigenvalue weighted by Crippen LogP contribution is -2.49. The second kappa shape index (κ2) is 12.3. The summed E-state index contributed by atoms with van der Waals surface area (Å²) in [5, 5.41) is 0. The normalized spacial score (nSPS) is 24.2. The van der Waals surface area contributed by atoms with E-state index >= 15 is 0 Å². The van der Waals surface area contributed by atoms with Gasteiger partial charge in [0.05, 0.1) is 18.3 Å². The first-order chi connectivity index (χ1) is 19.6. The fraction of sp³-hybridized carbons (Fsp3) is 0.613. The maximum absolute atomic E-state index is 13.0. The van der Waals surface area contributed by atoms with Gasteiger partial charge >= 0.3 is 6.18 Å². The standard InChI is InChI=1S/C31H41F3N4O3/c1-20-21(2)29(41-14-6-13-36-12-5-7-26(19-36)40-4)11-9-27(20)22(3)37-17-25-15-24(37)18-38(25)30(39)28-10-8-23(16-35-28)31(32,33)34/h8-11,16,22,24-26H,5-7,12-15,17-19H2,1-4H3/t22-,24-,25-,26?/m0/s1. The van der Waals surface area contributed by atoms with Gasteiger partial charge in [0.25, 0.3) is 5.91 Å². The van der Waals surface area contributed by atoms with Crippen LogP contribution in [0.25, 0.3) is 0 Å². The molecule has 4 atom stereocenters. The predicted molar refractivity (Wildman–Crippen MR) is 150 cm³/mol. The number of benzene rings is 1. The minimum absolute atomic E-state index is 0.0297. The Bertz CT molecular complexity index is 1220. The molecule has 224 valence electrons. The number of piperazine rings is 1. The van der Waals surface area contributed by atoms with E-state index in [1.807, 2.05) is 0 Å². The van der Waals surface area contributed by atoms with Crippen LogP contribution in [0.2, 0.25) is 0 Å². The number of hydrogen-bond acceptors (Lipinski definition) is 6. The molecule has 3 aliphatic rings. The molecule has 1 amide bonds. The highest BCUT2D eigenvalue weighted by Crippen LogP contribution is 2.39. The SMILES string of the molecule is COC1CCCN(CCCOc2ccc([C@H](C)N3C[C@@H]4C[C@H]3CN4C(=O)c3ccc(C(F)(F)F)cn3)c(C)c2C)C1. The third-order valence-corrected chi connectivity index (χ3v) is 9.25. The van der Waals surface area contributed by atoms with Gasteiger partial charge in [0, 0.05) is 57.6 Å². The van der Waals surface area contributed by atoms with Crippen LogP contribution in [0.15, 0.2) is 30.5 Å². The van der Waals surface area contributed by atoms with Crippen molar-refractivity contribution in [3.05, 3.63) is 58.4 Å². The monoisotopic (exact) mass is 574 g/mol. The van der Waals surface area contributed by atoms with Crippen molar-refractivity contribution in [2.45, 2.75) is 76.9 Å². The molecule has 5 rings (SSSR count). The molecule has 4 heterocycles. The van der Waals surface area contributed by atoms with Crippen LogP contribution in [0, 0.1) is 13.8 Å². The Kier molecular flexibility index (Phi) is 8.92. The third-order valence-electron chi connectivity index (χ3n) is 9.25. The van der Waals surface area contributed by atoms with E-state index in [0.717, 1.165) is 69.0 Å². The van der Waals surface area contributed by atoms with Gasteiger partial charge in [0.15, 0.2) is 0 Å². The molecule has 0 aliphatic carbocycles. The summed E-state index contributed by atoms with van der Waals surface area (Å²) < 4.78 is 50.4. The maximum atomic E-state index is 13.0. The minimum Gasteiger partial charge on any atom is -0.493 e. The highest BCUT2D eigenvalue weighted by Gasteiger charge is 2.47. The molecular weight excluding hydrogens is 533 g/mol. The smallest absolute Gasteiger partial charge is 0.417 e. The average molecular weight is 575 g/mol. The number of fused-ring (bicyclic) bond motifs is 2.